The van der Waals surface area contributed by atoms with E-state index < -0.39 is 10.0 Å². The van der Waals surface area contributed by atoms with E-state index in [1.54, 1.807) is 19.2 Å². The minimum atomic E-state index is -3.25. The lowest BCUT2D eigenvalue weighted by atomic mass is 9.79. The average molecular weight is 418 g/mol. The SMILES string of the molecule is CCC(=O)C1CCN(c2cc(Cl)c(N)cc2OC)CC1CCNS(C)(=O)=O. The van der Waals surface area contributed by atoms with Crippen LogP contribution in [0.2, 0.25) is 5.02 Å². The van der Waals surface area contributed by atoms with Gasteiger partial charge in [-0.2, -0.15) is 0 Å². The van der Waals surface area contributed by atoms with E-state index in [1.807, 2.05) is 6.92 Å². The number of sulfonamides is 1. The molecule has 27 heavy (non-hydrogen) atoms. The molecule has 0 amide bonds. The first kappa shape index (κ1) is 21.8. The van der Waals surface area contributed by atoms with Crippen LogP contribution >= 0.6 is 11.6 Å². The van der Waals surface area contributed by atoms with Crippen LogP contribution in [0.3, 0.4) is 0 Å². The first-order chi connectivity index (χ1) is 12.7. The Labute approximate surface area is 166 Å². The van der Waals surface area contributed by atoms with Crippen molar-refractivity contribution in [2.24, 2.45) is 11.8 Å². The fourth-order valence-electron chi connectivity index (χ4n) is 3.63. The maximum absolute atomic E-state index is 12.4. The molecule has 2 rings (SSSR count). The van der Waals surface area contributed by atoms with Gasteiger partial charge in [0, 0.05) is 38.0 Å². The largest absolute Gasteiger partial charge is 0.495 e. The van der Waals surface area contributed by atoms with E-state index in [-0.39, 0.29) is 17.6 Å². The minimum Gasteiger partial charge on any atom is -0.495 e. The second kappa shape index (κ2) is 9.12. The molecule has 0 aromatic heterocycles. The second-order valence-corrected chi connectivity index (χ2v) is 9.16. The summed E-state index contributed by atoms with van der Waals surface area (Å²) < 4.78 is 30.7. The van der Waals surface area contributed by atoms with Crippen molar-refractivity contribution in [3.8, 4) is 5.75 Å². The maximum Gasteiger partial charge on any atom is 0.208 e. The molecule has 0 bridgehead atoms. The van der Waals surface area contributed by atoms with Gasteiger partial charge in [0.25, 0.3) is 0 Å². The minimum absolute atomic E-state index is 0.0430. The van der Waals surface area contributed by atoms with E-state index >= 15 is 0 Å². The highest BCUT2D eigenvalue weighted by Gasteiger charge is 2.34. The fourth-order valence-corrected chi connectivity index (χ4v) is 4.28. The highest BCUT2D eigenvalue weighted by atomic mass is 35.5. The molecule has 1 aromatic carbocycles. The molecule has 1 aliphatic rings. The van der Waals surface area contributed by atoms with Crippen molar-refractivity contribution >= 4 is 38.8 Å². The lowest BCUT2D eigenvalue weighted by molar-refractivity contribution is -0.124. The molecule has 152 valence electrons. The van der Waals surface area contributed by atoms with Crippen molar-refractivity contribution < 1.29 is 17.9 Å². The molecule has 1 saturated heterocycles. The van der Waals surface area contributed by atoms with Crippen LogP contribution in [0.15, 0.2) is 12.1 Å². The standard InChI is InChI=1S/C18H28ClN3O4S/c1-4-17(23)13-6-8-22(11-12(13)5-7-21-27(3,24)25)16-9-14(19)15(20)10-18(16)26-2/h9-10,12-13,21H,4-8,11,20H2,1-3H3. The number of nitrogen functional groups attached to an aromatic ring is 1. The second-order valence-electron chi connectivity index (χ2n) is 6.92. The first-order valence-electron chi connectivity index (χ1n) is 9.01. The number of nitrogens with zero attached hydrogens (tertiary/aromatic N) is 1. The van der Waals surface area contributed by atoms with Crippen molar-refractivity contribution in [2.75, 3.05) is 43.6 Å². The number of Topliss-reactive ketones (excluding diaryl/α,β-unsaturated/α-hetero) is 1. The van der Waals surface area contributed by atoms with E-state index in [9.17, 15) is 13.2 Å². The molecule has 3 N–H and O–H groups in total. The summed E-state index contributed by atoms with van der Waals surface area (Å²) in [5.74, 6) is 0.829. The lowest BCUT2D eigenvalue weighted by Gasteiger charge is -2.39. The molecule has 1 aromatic rings. The first-order valence-corrected chi connectivity index (χ1v) is 11.3. The summed E-state index contributed by atoms with van der Waals surface area (Å²) in [6.07, 6.45) is 2.92. The van der Waals surface area contributed by atoms with E-state index in [4.69, 9.17) is 22.1 Å². The number of carbonyl (C=O) groups excluding carboxylic acids is 1. The van der Waals surface area contributed by atoms with Gasteiger partial charge in [-0.05, 0) is 24.8 Å². The van der Waals surface area contributed by atoms with Gasteiger partial charge >= 0.3 is 0 Å². The number of halogens is 1. The Morgan fingerprint density at radius 1 is 1.44 bits per heavy atom. The Hall–Kier alpha value is -1.51. The van der Waals surface area contributed by atoms with Crippen LogP contribution in [0, 0.1) is 11.8 Å². The van der Waals surface area contributed by atoms with Crippen LogP contribution in [0.25, 0.3) is 0 Å². The molecule has 1 heterocycles. The molecule has 0 spiro atoms. The number of ketones is 1. The molecule has 0 aliphatic carbocycles. The average Bonchev–Trinajstić information content (AvgIpc) is 2.61. The molecule has 2 atom stereocenters. The van der Waals surface area contributed by atoms with E-state index in [0.29, 0.717) is 55.4 Å². The third-order valence-corrected chi connectivity index (χ3v) is 6.07. The Bertz CT molecular complexity index is 785. The van der Waals surface area contributed by atoms with Crippen molar-refractivity contribution in [1.29, 1.82) is 0 Å². The molecule has 9 heteroatoms. The topological polar surface area (TPSA) is 102 Å². The van der Waals surface area contributed by atoms with Crippen LogP contribution in [0.4, 0.5) is 11.4 Å². The summed E-state index contributed by atoms with van der Waals surface area (Å²) in [6, 6.07) is 3.48. The number of nitrogens with two attached hydrogens (primary N) is 1. The number of ether oxygens (including phenoxy) is 1. The summed E-state index contributed by atoms with van der Waals surface area (Å²) in [5, 5.41) is 0.452. The molecule has 0 saturated carbocycles. The van der Waals surface area contributed by atoms with E-state index in [2.05, 4.69) is 9.62 Å². The zero-order valence-corrected chi connectivity index (χ0v) is 17.6. The van der Waals surface area contributed by atoms with Crippen LogP contribution < -0.4 is 20.1 Å². The summed E-state index contributed by atoms with van der Waals surface area (Å²) in [4.78, 5) is 14.5. The third kappa shape index (κ3) is 5.73. The Morgan fingerprint density at radius 3 is 2.74 bits per heavy atom. The predicted octanol–water partition coefficient (Wildman–Crippen LogP) is 2.29. The van der Waals surface area contributed by atoms with Crippen LogP contribution in [-0.4, -0.2) is 47.2 Å². The zero-order chi connectivity index (χ0) is 20.2. The summed E-state index contributed by atoms with van der Waals surface area (Å²) in [6.45, 7) is 3.50. The van der Waals surface area contributed by atoms with Crippen LogP contribution in [-0.2, 0) is 14.8 Å². The normalized spacial score (nSPS) is 20.5. The van der Waals surface area contributed by atoms with E-state index in [1.165, 1.54) is 0 Å². The highest BCUT2D eigenvalue weighted by Crippen LogP contribution is 2.39. The molecule has 2 unspecified atom stereocenters. The molecule has 7 nitrogen and oxygen atoms in total. The Kier molecular flexibility index (Phi) is 7.36. The smallest absolute Gasteiger partial charge is 0.208 e. The Morgan fingerprint density at radius 2 is 2.15 bits per heavy atom. The van der Waals surface area contributed by atoms with Gasteiger partial charge in [-0.1, -0.05) is 18.5 Å². The number of hydrogen-bond acceptors (Lipinski definition) is 6. The maximum atomic E-state index is 12.4. The summed E-state index contributed by atoms with van der Waals surface area (Å²) in [7, 11) is -1.68. The number of benzene rings is 1. The summed E-state index contributed by atoms with van der Waals surface area (Å²) in [5.41, 5.74) is 7.15. The number of anilines is 2. The zero-order valence-electron chi connectivity index (χ0n) is 16.0. The number of piperidine rings is 1. The van der Waals surface area contributed by atoms with Crippen molar-refractivity contribution in [3.63, 3.8) is 0 Å². The monoisotopic (exact) mass is 417 g/mol. The van der Waals surface area contributed by atoms with E-state index in [0.717, 1.165) is 11.9 Å². The molecule has 1 fully saturated rings. The highest BCUT2D eigenvalue weighted by molar-refractivity contribution is 7.88. The van der Waals surface area contributed by atoms with Gasteiger partial charge in [0.1, 0.15) is 11.5 Å². The predicted molar refractivity (Wildman–Crippen MR) is 109 cm³/mol. The number of carbonyl (C=O) groups is 1. The number of methoxy groups -OCH3 is 1. The third-order valence-electron chi connectivity index (χ3n) is 5.01. The number of rotatable bonds is 8. The van der Waals surface area contributed by atoms with Crippen molar-refractivity contribution in [3.05, 3.63) is 17.2 Å². The van der Waals surface area contributed by atoms with Crippen LogP contribution in [0.1, 0.15) is 26.2 Å². The van der Waals surface area contributed by atoms with Gasteiger partial charge in [0.05, 0.1) is 29.8 Å². The quantitative estimate of drug-likeness (QED) is 0.629. The Balaban J connectivity index is 2.22. The molecule has 1 aliphatic heterocycles. The van der Waals surface area contributed by atoms with Gasteiger partial charge in [-0.3, -0.25) is 4.79 Å². The van der Waals surface area contributed by atoms with Crippen LogP contribution in [0.5, 0.6) is 5.75 Å². The molecular weight excluding hydrogens is 390 g/mol. The summed E-state index contributed by atoms with van der Waals surface area (Å²) >= 11 is 6.20. The van der Waals surface area contributed by atoms with Gasteiger partial charge in [0.15, 0.2) is 0 Å². The number of nitrogens with one attached hydrogen (secondary N) is 1. The molecular formula is C18H28ClN3O4S. The van der Waals surface area contributed by atoms with Gasteiger partial charge < -0.3 is 15.4 Å². The fraction of sp³-hybridized carbons (Fsp3) is 0.611. The van der Waals surface area contributed by atoms with Crippen molar-refractivity contribution in [2.45, 2.75) is 26.2 Å². The van der Waals surface area contributed by atoms with Crippen molar-refractivity contribution in [1.82, 2.24) is 4.72 Å². The number of hydrogen-bond donors (Lipinski definition) is 2. The van der Waals surface area contributed by atoms with Gasteiger partial charge in [0.2, 0.25) is 10.0 Å². The van der Waals surface area contributed by atoms with Gasteiger partial charge in [-0.15, -0.1) is 0 Å². The van der Waals surface area contributed by atoms with Gasteiger partial charge in [-0.25, -0.2) is 13.1 Å². The lowest BCUT2D eigenvalue weighted by Crippen LogP contribution is -2.44. The molecule has 0 radical (unpaired) electrons.